The highest BCUT2D eigenvalue weighted by molar-refractivity contribution is 6.28. The Labute approximate surface area is 123 Å². The van der Waals surface area contributed by atoms with E-state index in [1.54, 1.807) is 61.7 Å². The number of hydrogen-bond acceptors (Lipinski definition) is 3. The molecule has 3 nitrogen and oxygen atoms in total. The zero-order valence-electron chi connectivity index (χ0n) is 12.0. The van der Waals surface area contributed by atoms with Crippen LogP contribution in [-0.2, 0) is 4.79 Å². The fourth-order valence-corrected chi connectivity index (χ4v) is 1.94. The maximum atomic E-state index is 12.4. The smallest absolute Gasteiger partial charge is 0.196 e. The van der Waals surface area contributed by atoms with Crippen LogP contribution in [0.4, 0.5) is 0 Å². The Morgan fingerprint density at radius 2 is 1.57 bits per heavy atom. The number of Topliss-reactive ketones (excluding diaryl/α,β-unsaturated/α-hetero) is 2. The van der Waals surface area contributed by atoms with E-state index in [9.17, 15) is 9.59 Å². The van der Waals surface area contributed by atoms with E-state index < -0.39 is 0 Å². The van der Waals surface area contributed by atoms with Crippen molar-refractivity contribution in [2.75, 3.05) is 7.11 Å². The minimum atomic E-state index is -0.265. The van der Waals surface area contributed by atoms with E-state index in [2.05, 4.69) is 0 Å². The first-order valence-electron chi connectivity index (χ1n) is 6.58. The number of benzene rings is 2. The van der Waals surface area contributed by atoms with Gasteiger partial charge in [-0.25, -0.2) is 0 Å². The average molecular weight is 280 g/mol. The molecule has 0 aliphatic heterocycles. The van der Waals surface area contributed by atoms with Gasteiger partial charge in [-0.1, -0.05) is 42.5 Å². The molecule has 2 aromatic rings. The molecule has 0 bridgehead atoms. The molecule has 0 aliphatic carbocycles. The third-order valence-corrected chi connectivity index (χ3v) is 3.09. The molecule has 0 saturated heterocycles. The molecule has 21 heavy (non-hydrogen) atoms. The summed E-state index contributed by atoms with van der Waals surface area (Å²) < 4.78 is 5.08. The molecule has 0 heterocycles. The lowest BCUT2D eigenvalue weighted by atomic mass is 9.98. The number of carbonyl (C=O) groups excluding carboxylic acids is 2. The van der Waals surface area contributed by atoms with Gasteiger partial charge in [-0.3, -0.25) is 9.59 Å². The van der Waals surface area contributed by atoms with Crippen molar-refractivity contribution in [1.82, 2.24) is 0 Å². The Balaban J connectivity index is 2.36. The summed E-state index contributed by atoms with van der Waals surface area (Å²) >= 11 is 0. The Morgan fingerprint density at radius 1 is 0.952 bits per heavy atom. The van der Waals surface area contributed by atoms with Crippen molar-refractivity contribution in [3.05, 3.63) is 71.3 Å². The molecule has 0 aromatic heterocycles. The summed E-state index contributed by atoms with van der Waals surface area (Å²) in [5.74, 6) is 0.213. The lowest BCUT2D eigenvalue weighted by molar-refractivity contribution is -0.113. The summed E-state index contributed by atoms with van der Waals surface area (Å²) in [4.78, 5) is 24.2. The highest BCUT2D eigenvalue weighted by atomic mass is 16.5. The summed E-state index contributed by atoms with van der Waals surface area (Å²) in [6.45, 7) is 1.40. The van der Waals surface area contributed by atoms with E-state index >= 15 is 0 Å². The predicted octanol–water partition coefficient (Wildman–Crippen LogP) is 3.55. The zero-order valence-corrected chi connectivity index (χ0v) is 12.0. The molecule has 0 radical (unpaired) electrons. The lowest BCUT2D eigenvalue weighted by Gasteiger charge is -2.04. The van der Waals surface area contributed by atoms with Gasteiger partial charge in [0, 0.05) is 5.56 Å². The van der Waals surface area contributed by atoms with E-state index in [0.717, 1.165) is 11.3 Å². The van der Waals surface area contributed by atoms with Crippen molar-refractivity contribution in [3.8, 4) is 5.75 Å². The maximum absolute atomic E-state index is 12.4. The van der Waals surface area contributed by atoms with Gasteiger partial charge in [-0.05, 0) is 30.7 Å². The lowest BCUT2D eigenvalue weighted by Crippen LogP contribution is -2.10. The van der Waals surface area contributed by atoms with Crippen molar-refractivity contribution in [1.29, 1.82) is 0 Å². The molecule has 0 aliphatic rings. The maximum Gasteiger partial charge on any atom is 0.196 e. The molecule has 0 unspecified atom stereocenters. The van der Waals surface area contributed by atoms with E-state index in [0.29, 0.717) is 5.56 Å². The third kappa shape index (κ3) is 3.66. The average Bonchev–Trinajstić information content (AvgIpc) is 2.53. The minimum Gasteiger partial charge on any atom is -0.497 e. The zero-order chi connectivity index (χ0) is 15.2. The topological polar surface area (TPSA) is 43.4 Å². The van der Waals surface area contributed by atoms with Gasteiger partial charge in [0.25, 0.3) is 0 Å². The number of ether oxygens (including phenoxy) is 1. The molecule has 3 heteroatoms. The SMILES string of the molecule is COc1ccc(/C=C(\C(C)=O)C(=O)c2ccccc2)cc1. The van der Waals surface area contributed by atoms with Crippen LogP contribution in [0, 0.1) is 0 Å². The van der Waals surface area contributed by atoms with Crippen molar-refractivity contribution >= 4 is 17.6 Å². The summed E-state index contributed by atoms with van der Waals surface area (Å²) in [6.07, 6.45) is 1.61. The molecule has 106 valence electrons. The van der Waals surface area contributed by atoms with E-state index in [4.69, 9.17) is 4.74 Å². The van der Waals surface area contributed by atoms with E-state index in [-0.39, 0.29) is 17.1 Å². The fourth-order valence-electron chi connectivity index (χ4n) is 1.94. The van der Waals surface area contributed by atoms with Crippen molar-refractivity contribution < 1.29 is 14.3 Å². The quantitative estimate of drug-likeness (QED) is 0.364. The molecule has 2 aromatic carbocycles. The molecule has 2 rings (SSSR count). The number of allylic oxidation sites excluding steroid dienone is 1. The normalized spacial score (nSPS) is 11.0. The number of carbonyl (C=O) groups is 2. The van der Waals surface area contributed by atoms with Gasteiger partial charge in [-0.2, -0.15) is 0 Å². The van der Waals surface area contributed by atoms with Crippen molar-refractivity contribution in [2.45, 2.75) is 6.92 Å². The van der Waals surface area contributed by atoms with Crippen LogP contribution in [0.3, 0.4) is 0 Å². The summed E-state index contributed by atoms with van der Waals surface area (Å²) in [5, 5.41) is 0. The number of methoxy groups -OCH3 is 1. The van der Waals surface area contributed by atoms with Gasteiger partial charge in [0.05, 0.1) is 12.7 Å². The first-order valence-corrected chi connectivity index (χ1v) is 6.58. The highest BCUT2D eigenvalue weighted by Gasteiger charge is 2.16. The monoisotopic (exact) mass is 280 g/mol. The van der Waals surface area contributed by atoms with Crippen LogP contribution in [0.2, 0.25) is 0 Å². The predicted molar refractivity (Wildman–Crippen MR) is 82.4 cm³/mol. The standard InChI is InChI=1S/C18H16O3/c1-13(19)17(18(20)15-6-4-3-5-7-15)12-14-8-10-16(21-2)11-9-14/h3-12H,1-2H3/b17-12+. The number of rotatable bonds is 5. The molecule has 0 atom stereocenters. The second-order valence-electron chi connectivity index (χ2n) is 4.58. The first kappa shape index (κ1) is 14.7. The number of ketones is 2. The van der Waals surface area contributed by atoms with Crippen LogP contribution >= 0.6 is 0 Å². The van der Waals surface area contributed by atoms with Gasteiger partial charge in [0.2, 0.25) is 0 Å². The molecule has 0 spiro atoms. The Kier molecular flexibility index (Phi) is 4.67. The van der Waals surface area contributed by atoms with Gasteiger partial charge in [-0.15, -0.1) is 0 Å². The Hall–Kier alpha value is -2.68. The van der Waals surface area contributed by atoms with Gasteiger partial charge >= 0.3 is 0 Å². The van der Waals surface area contributed by atoms with Gasteiger partial charge in [0.15, 0.2) is 11.6 Å². The minimum absolute atomic E-state index is 0.173. The van der Waals surface area contributed by atoms with Gasteiger partial charge in [0.1, 0.15) is 5.75 Å². The number of hydrogen-bond donors (Lipinski definition) is 0. The highest BCUT2D eigenvalue weighted by Crippen LogP contribution is 2.17. The van der Waals surface area contributed by atoms with Crippen LogP contribution < -0.4 is 4.74 Å². The van der Waals surface area contributed by atoms with Crippen LogP contribution in [0.1, 0.15) is 22.8 Å². The van der Waals surface area contributed by atoms with Crippen LogP contribution in [-0.4, -0.2) is 18.7 Å². The molecule has 0 fully saturated rings. The van der Waals surface area contributed by atoms with E-state index in [1.165, 1.54) is 6.92 Å². The van der Waals surface area contributed by atoms with Crippen LogP contribution in [0.5, 0.6) is 5.75 Å². The van der Waals surface area contributed by atoms with Crippen molar-refractivity contribution in [3.63, 3.8) is 0 Å². The van der Waals surface area contributed by atoms with Crippen LogP contribution in [0.15, 0.2) is 60.2 Å². The molecular weight excluding hydrogens is 264 g/mol. The van der Waals surface area contributed by atoms with Crippen LogP contribution in [0.25, 0.3) is 6.08 Å². The van der Waals surface area contributed by atoms with Gasteiger partial charge < -0.3 is 4.74 Å². The molecule has 0 N–H and O–H groups in total. The molecular formula is C18H16O3. The third-order valence-electron chi connectivity index (χ3n) is 3.09. The summed E-state index contributed by atoms with van der Waals surface area (Å²) in [6, 6.07) is 16.0. The Morgan fingerprint density at radius 3 is 2.10 bits per heavy atom. The summed E-state index contributed by atoms with van der Waals surface area (Å²) in [5.41, 5.74) is 1.46. The second-order valence-corrected chi connectivity index (χ2v) is 4.58. The second kappa shape index (κ2) is 6.66. The molecule has 0 amide bonds. The summed E-state index contributed by atoms with van der Waals surface area (Å²) in [7, 11) is 1.59. The Bertz CT molecular complexity index is 667. The first-order chi connectivity index (χ1) is 10.1. The fraction of sp³-hybridized carbons (Fsp3) is 0.111. The van der Waals surface area contributed by atoms with E-state index in [1.807, 2.05) is 6.07 Å². The molecule has 0 saturated carbocycles. The largest absolute Gasteiger partial charge is 0.497 e. The van der Waals surface area contributed by atoms with Crippen molar-refractivity contribution in [2.24, 2.45) is 0 Å².